The molecule has 1 heterocycles. The summed E-state index contributed by atoms with van der Waals surface area (Å²) < 4.78 is 67.0. The number of benzene rings is 3. The molecule has 0 aliphatic carbocycles. The van der Waals surface area contributed by atoms with E-state index in [0.717, 1.165) is 40.3 Å². The fourth-order valence-electron chi connectivity index (χ4n) is 4.03. The molecule has 0 spiro atoms. The molecule has 1 aliphatic rings. The first-order valence-corrected chi connectivity index (χ1v) is 13.8. The van der Waals surface area contributed by atoms with Crippen LogP contribution in [0.25, 0.3) is 0 Å². The zero-order valence-electron chi connectivity index (χ0n) is 20.5. The molecule has 12 heteroatoms. The SMILES string of the molecule is Cc1ccc(C)c(Sc2ccc(N=O)cc2S(=O)(=O)N2CCN(C(=O)c3ccc(C(F)(F)F)cc3)CC2)c1. The van der Waals surface area contributed by atoms with Gasteiger partial charge in [0.05, 0.1) is 10.5 Å². The van der Waals surface area contributed by atoms with E-state index in [1.54, 1.807) is 6.07 Å². The van der Waals surface area contributed by atoms with Crippen molar-refractivity contribution in [2.24, 2.45) is 5.18 Å². The molecule has 4 rings (SSSR count). The summed E-state index contributed by atoms with van der Waals surface area (Å²) in [6, 6.07) is 14.0. The van der Waals surface area contributed by atoms with Crippen LogP contribution in [-0.2, 0) is 16.2 Å². The number of piperazine rings is 1. The van der Waals surface area contributed by atoms with Crippen molar-refractivity contribution in [2.45, 2.75) is 34.7 Å². The van der Waals surface area contributed by atoms with Crippen molar-refractivity contribution >= 4 is 33.4 Å². The maximum Gasteiger partial charge on any atom is 0.416 e. The lowest BCUT2D eigenvalue weighted by Crippen LogP contribution is -2.50. The van der Waals surface area contributed by atoms with E-state index in [-0.39, 0.29) is 42.3 Å². The van der Waals surface area contributed by atoms with Crippen molar-refractivity contribution in [3.63, 3.8) is 0 Å². The summed E-state index contributed by atoms with van der Waals surface area (Å²) in [5.41, 5.74) is 1.20. The van der Waals surface area contributed by atoms with Gasteiger partial charge in [-0.2, -0.15) is 17.5 Å². The number of amides is 1. The molecule has 0 bridgehead atoms. The third-order valence-corrected chi connectivity index (χ3v) is 9.50. The Kier molecular flexibility index (Phi) is 7.96. The summed E-state index contributed by atoms with van der Waals surface area (Å²) in [5, 5.41) is 2.89. The molecule has 1 saturated heterocycles. The Hall–Kier alpha value is -3.22. The van der Waals surface area contributed by atoms with Crippen molar-refractivity contribution in [3.8, 4) is 0 Å². The maximum atomic E-state index is 13.7. The predicted octanol–water partition coefficient (Wildman–Crippen LogP) is 6.02. The second-order valence-corrected chi connectivity index (χ2v) is 11.9. The van der Waals surface area contributed by atoms with Gasteiger partial charge in [0.25, 0.3) is 5.91 Å². The molecule has 0 radical (unpaired) electrons. The molecule has 0 saturated carbocycles. The lowest BCUT2D eigenvalue weighted by atomic mass is 10.1. The van der Waals surface area contributed by atoms with Crippen LogP contribution in [0, 0.1) is 18.8 Å². The molecule has 1 aliphatic heterocycles. The molecule has 1 amide bonds. The summed E-state index contributed by atoms with van der Waals surface area (Å²) in [4.78, 5) is 26.7. The highest BCUT2D eigenvalue weighted by Crippen LogP contribution is 2.38. The van der Waals surface area contributed by atoms with Crippen LogP contribution in [0.15, 0.2) is 80.5 Å². The third-order valence-electron chi connectivity index (χ3n) is 6.20. The minimum atomic E-state index is -4.51. The molecular weight excluding hydrogens is 539 g/mol. The van der Waals surface area contributed by atoms with Crippen LogP contribution in [0.3, 0.4) is 0 Å². The first-order valence-electron chi connectivity index (χ1n) is 11.6. The molecule has 0 N–H and O–H groups in total. The zero-order valence-corrected chi connectivity index (χ0v) is 22.2. The number of hydrogen-bond donors (Lipinski definition) is 0. The minimum absolute atomic E-state index is 0.0129. The number of nitrogens with zero attached hydrogens (tertiary/aromatic N) is 3. The molecular formula is C26H24F3N3O4S2. The van der Waals surface area contributed by atoms with Crippen LogP contribution in [0.5, 0.6) is 0 Å². The third kappa shape index (κ3) is 5.92. The van der Waals surface area contributed by atoms with Crippen molar-refractivity contribution in [1.29, 1.82) is 0 Å². The number of hydrogen-bond acceptors (Lipinski definition) is 6. The summed E-state index contributed by atoms with van der Waals surface area (Å²) in [6.45, 7) is 3.95. The summed E-state index contributed by atoms with van der Waals surface area (Å²) in [7, 11) is -4.05. The van der Waals surface area contributed by atoms with E-state index in [4.69, 9.17) is 0 Å². The number of carbonyl (C=O) groups is 1. The van der Waals surface area contributed by atoms with Gasteiger partial charge in [0.1, 0.15) is 5.69 Å². The standard InChI is InChI=1S/C26H24F3N3O4S2/c1-17-3-4-18(2)23(15-17)37-22-10-9-21(30-34)16-24(22)38(35,36)32-13-11-31(12-14-32)25(33)19-5-7-20(8-6-19)26(27,28)29/h3-10,15-16H,11-14H2,1-2H3. The predicted molar refractivity (Wildman–Crippen MR) is 138 cm³/mol. The first kappa shape index (κ1) is 27.8. The average molecular weight is 564 g/mol. The number of halogens is 3. The van der Waals surface area contributed by atoms with E-state index >= 15 is 0 Å². The van der Waals surface area contributed by atoms with E-state index in [9.17, 15) is 31.3 Å². The van der Waals surface area contributed by atoms with Crippen LogP contribution >= 0.6 is 11.8 Å². The molecule has 7 nitrogen and oxygen atoms in total. The Balaban J connectivity index is 1.53. The van der Waals surface area contributed by atoms with Gasteiger partial charge in [-0.1, -0.05) is 23.9 Å². The van der Waals surface area contributed by atoms with Crippen LogP contribution in [-0.4, -0.2) is 49.7 Å². The highest BCUT2D eigenvalue weighted by Gasteiger charge is 2.34. The highest BCUT2D eigenvalue weighted by atomic mass is 32.2. The quantitative estimate of drug-likeness (QED) is 0.343. The van der Waals surface area contributed by atoms with Crippen LogP contribution in [0.1, 0.15) is 27.0 Å². The molecule has 3 aromatic rings. The van der Waals surface area contributed by atoms with Crippen molar-refractivity contribution in [2.75, 3.05) is 26.2 Å². The van der Waals surface area contributed by atoms with E-state index in [1.165, 1.54) is 33.1 Å². The van der Waals surface area contributed by atoms with Crippen LogP contribution in [0.2, 0.25) is 0 Å². The van der Waals surface area contributed by atoms with Gasteiger partial charge in [0.2, 0.25) is 10.0 Å². The summed E-state index contributed by atoms with van der Waals surface area (Å²) in [6.07, 6.45) is -4.51. The average Bonchev–Trinajstić information content (AvgIpc) is 2.90. The number of aryl methyl sites for hydroxylation is 2. The van der Waals surface area contributed by atoms with Gasteiger partial charge in [0, 0.05) is 41.5 Å². The second kappa shape index (κ2) is 10.9. The first-order chi connectivity index (χ1) is 17.9. The number of carbonyl (C=O) groups excluding carboxylic acids is 1. The van der Waals surface area contributed by atoms with Gasteiger partial charge in [0.15, 0.2) is 0 Å². The van der Waals surface area contributed by atoms with Gasteiger partial charge in [-0.3, -0.25) is 4.79 Å². The number of sulfonamides is 1. The molecule has 0 unspecified atom stereocenters. The largest absolute Gasteiger partial charge is 0.416 e. The lowest BCUT2D eigenvalue weighted by Gasteiger charge is -2.34. The van der Waals surface area contributed by atoms with E-state index in [1.807, 2.05) is 32.0 Å². The Labute approximate surface area is 222 Å². The Morgan fingerprint density at radius 1 is 0.895 bits per heavy atom. The van der Waals surface area contributed by atoms with Gasteiger partial charge in [-0.25, -0.2) is 8.42 Å². The minimum Gasteiger partial charge on any atom is -0.336 e. The molecule has 200 valence electrons. The molecule has 1 fully saturated rings. The summed E-state index contributed by atoms with van der Waals surface area (Å²) in [5.74, 6) is -0.478. The Morgan fingerprint density at radius 2 is 1.55 bits per heavy atom. The molecule has 0 atom stereocenters. The van der Waals surface area contributed by atoms with Gasteiger partial charge in [-0.15, -0.1) is 4.91 Å². The lowest BCUT2D eigenvalue weighted by molar-refractivity contribution is -0.137. The van der Waals surface area contributed by atoms with Crippen molar-refractivity contribution in [3.05, 3.63) is 87.8 Å². The van der Waals surface area contributed by atoms with Crippen molar-refractivity contribution < 1.29 is 26.4 Å². The number of rotatable bonds is 6. The molecule has 3 aromatic carbocycles. The zero-order chi connectivity index (χ0) is 27.7. The topological polar surface area (TPSA) is 87.1 Å². The molecule has 38 heavy (non-hydrogen) atoms. The van der Waals surface area contributed by atoms with Crippen LogP contribution < -0.4 is 0 Å². The van der Waals surface area contributed by atoms with E-state index in [0.29, 0.717) is 4.90 Å². The van der Waals surface area contributed by atoms with Gasteiger partial charge in [-0.05, 0) is 78.7 Å². The summed E-state index contributed by atoms with van der Waals surface area (Å²) >= 11 is 1.28. The Bertz CT molecular complexity index is 1470. The monoisotopic (exact) mass is 563 g/mol. The van der Waals surface area contributed by atoms with Gasteiger partial charge < -0.3 is 4.90 Å². The number of nitroso groups, excluding NO2 is 1. The fourth-order valence-corrected chi connectivity index (χ4v) is 6.99. The van der Waals surface area contributed by atoms with E-state index in [2.05, 4.69) is 5.18 Å². The second-order valence-electron chi connectivity index (χ2n) is 8.86. The molecule has 0 aromatic heterocycles. The van der Waals surface area contributed by atoms with Crippen molar-refractivity contribution in [1.82, 2.24) is 9.21 Å². The normalized spacial score (nSPS) is 14.9. The number of alkyl halides is 3. The van der Waals surface area contributed by atoms with E-state index < -0.39 is 27.7 Å². The maximum absolute atomic E-state index is 13.7. The highest BCUT2D eigenvalue weighted by molar-refractivity contribution is 8.00. The van der Waals surface area contributed by atoms with Gasteiger partial charge >= 0.3 is 6.18 Å². The Morgan fingerprint density at radius 3 is 2.16 bits per heavy atom. The smallest absolute Gasteiger partial charge is 0.336 e. The van der Waals surface area contributed by atoms with Crippen LogP contribution in [0.4, 0.5) is 18.9 Å². The fraction of sp³-hybridized carbons (Fsp3) is 0.269.